The van der Waals surface area contributed by atoms with E-state index in [1.54, 1.807) is 11.8 Å². The Balaban J connectivity index is 2.40. The van der Waals surface area contributed by atoms with E-state index >= 15 is 0 Å². The van der Waals surface area contributed by atoms with Gasteiger partial charge in [0.15, 0.2) is 0 Å². The monoisotopic (exact) mass is 290 g/mol. The van der Waals surface area contributed by atoms with Gasteiger partial charge >= 0.3 is 5.97 Å². The van der Waals surface area contributed by atoms with Gasteiger partial charge in [-0.05, 0) is 24.3 Å². The third-order valence-corrected chi connectivity index (χ3v) is 3.30. The van der Waals surface area contributed by atoms with Gasteiger partial charge in [0.25, 0.3) is 0 Å². The maximum Gasteiger partial charge on any atom is 0.335 e. The van der Waals surface area contributed by atoms with Gasteiger partial charge in [0.1, 0.15) is 11.0 Å². The van der Waals surface area contributed by atoms with Crippen molar-refractivity contribution in [2.75, 3.05) is 30.0 Å². The Bertz CT molecular complexity index is 404. The lowest BCUT2D eigenvalue weighted by molar-refractivity contribution is 0.0697. The van der Waals surface area contributed by atoms with Crippen LogP contribution in [0.25, 0.3) is 0 Å². The number of rotatable bonds is 8. The van der Waals surface area contributed by atoms with Crippen LogP contribution in [0.5, 0.6) is 0 Å². The molecule has 100 valence electrons. The molecule has 0 saturated carbocycles. The quantitative estimate of drug-likeness (QED) is 0.501. The van der Waals surface area contributed by atoms with Gasteiger partial charge in [-0.1, -0.05) is 11.6 Å². The fraction of sp³-hybridized carbons (Fsp3) is 0.455. The molecule has 0 aliphatic carbocycles. The van der Waals surface area contributed by atoms with Gasteiger partial charge < -0.3 is 15.5 Å². The predicted molar refractivity (Wildman–Crippen MR) is 73.7 cm³/mol. The smallest absolute Gasteiger partial charge is 0.335 e. The van der Waals surface area contributed by atoms with Gasteiger partial charge in [0.2, 0.25) is 0 Å². The molecule has 0 amide bonds. The molecule has 1 heterocycles. The largest absolute Gasteiger partial charge is 0.478 e. The summed E-state index contributed by atoms with van der Waals surface area (Å²) in [6, 6.07) is 2.76. The molecule has 0 spiro atoms. The Kier molecular flexibility index (Phi) is 6.85. The molecule has 18 heavy (non-hydrogen) atoms. The van der Waals surface area contributed by atoms with Crippen LogP contribution in [0.4, 0.5) is 5.82 Å². The van der Waals surface area contributed by atoms with E-state index in [-0.39, 0.29) is 17.3 Å². The molecule has 1 aromatic heterocycles. The summed E-state index contributed by atoms with van der Waals surface area (Å²) >= 11 is 7.44. The number of aromatic nitrogens is 1. The molecule has 0 aromatic carbocycles. The molecule has 1 aromatic rings. The van der Waals surface area contributed by atoms with Crippen LogP contribution >= 0.6 is 23.4 Å². The van der Waals surface area contributed by atoms with Crippen LogP contribution in [0.3, 0.4) is 0 Å². The van der Waals surface area contributed by atoms with Crippen LogP contribution in [0, 0.1) is 0 Å². The van der Waals surface area contributed by atoms with Gasteiger partial charge in [-0.15, -0.1) is 0 Å². The third kappa shape index (κ3) is 5.57. The van der Waals surface area contributed by atoms with Crippen molar-refractivity contribution in [2.24, 2.45) is 0 Å². The number of carboxylic acids is 1. The zero-order chi connectivity index (χ0) is 13.4. The molecule has 0 bridgehead atoms. The minimum absolute atomic E-state index is 0.116. The number of anilines is 1. The Morgan fingerprint density at radius 1 is 1.44 bits per heavy atom. The highest BCUT2D eigenvalue weighted by molar-refractivity contribution is 7.99. The SMILES string of the molecule is O=C(O)c1cc(Cl)nc(NCCSCCCO)c1. The minimum Gasteiger partial charge on any atom is -0.478 e. The van der Waals surface area contributed by atoms with Crippen LogP contribution in [-0.2, 0) is 0 Å². The van der Waals surface area contributed by atoms with Crippen LogP contribution in [0.15, 0.2) is 12.1 Å². The first kappa shape index (κ1) is 15.1. The summed E-state index contributed by atoms with van der Waals surface area (Å²) in [6.45, 7) is 0.876. The van der Waals surface area contributed by atoms with Gasteiger partial charge in [-0.3, -0.25) is 0 Å². The second kappa shape index (κ2) is 8.18. The lowest BCUT2D eigenvalue weighted by Crippen LogP contribution is -2.08. The summed E-state index contributed by atoms with van der Waals surface area (Å²) in [6.07, 6.45) is 0.781. The van der Waals surface area contributed by atoms with Crippen molar-refractivity contribution in [3.05, 3.63) is 22.8 Å². The maximum absolute atomic E-state index is 10.8. The standard InChI is InChI=1S/C11H15ClN2O3S/c12-9-6-8(11(16)17)7-10(14-9)13-2-5-18-4-1-3-15/h6-7,15H,1-5H2,(H,13,14)(H,16,17). The van der Waals surface area contributed by atoms with Crippen LogP contribution < -0.4 is 5.32 Å². The summed E-state index contributed by atoms with van der Waals surface area (Å²) in [7, 11) is 0. The first-order valence-corrected chi connectivity index (χ1v) is 7.00. The molecule has 3 N–H and O–H groups in total. The van der Waals surface area contributed by atoms with E-state index in [0.717, 1.165) is 17.9 Å². The van der Waals surface area contributed by atoms with E-state index in [1.807, 2.05) is 0 Å². The molecular weight excluding hydrogens is 276 g/mol. The molecule has 5 nitrogen and oxygen atoms in total. The molecule has 0 unspecified atom stereocenters. The van der Waals surface area contributed by atoms with E-state index in [9.17, 15) is 4.79 Å². The van der Waals surface area contributed by atoms with Crippen molar-refractivity contribution in [2.45, 2.75) is 6.42 Å². The molecule has 0 aliphatic rings. The van der Waals surface area contributed by atoms with Gasteiger partial charge in [-0.2, -0.15) is 11.8 Å². The Labute approximate surface area is 115 Å². The highest BCUT2D eigenvalue weighted by atomic mass is 35.5. The molecule has 0 aliphatic heterocycles. The summed E-state index contributed by atoms with van der Waals surface area (Å²) < 4.78 is 0. The Morgan fingerprint density at radius 3 is 2.89 bits per heavy atom. The fourth-order valence-corrected chi connectivity index (χ4v) is 2.22. The number of aliphatic hydroxyl groups is 1. The van der Waals surface area contributed by atoms with E-state index in [2.05, 4.69) is 10.3 Å². The van der Waals surface area contributed by atoms with Crippen molar-refractivity contribution in [1.82, 2.24) is 4.98 Å². The number of nitrogens with one attached hydrogen (secondary N) is 1. The number of halogens is 1. The first-order valence-electron chi connectivity index (χ1n) is 5.47. The summed E-state index contributed by atoms with van der Waals surface area (Å²) in [5.74, 6) is 1.19. The molecule has 7 heteroatoms. The van der Waals surface area contributed by atoms with Crippen molar-refractivity contribution >= 4 is 35.1 Å². The lowest BCUT2D eigenvalue weighted by atomic mass is 10.2. The van der Waals surface area contributed by atoms with Gasteiger partial charge in [0, 0.05) is 18.9 Å². The highest BCUT2D eigenvalue weighted by Gasteiger charge is 2.06. The van der Waals surface area contributed by atoms with Crippen LogP contribution in [0.1, 0.15) is 16.8 Å². The topological polar surface area (TPSA) is 82.5 Å². The number of aliphatic hydroxyl groups excluding tert-OH is 1. The summed E-state index contributed by atoms with van der Waals surface area (Å²) in [4.78, 5) is 14.8. The zero-order valence-corrected chi connectivity index (χ0v) is 11.3. The highest BCUT2D eigenvalue weighted by Crippen LogP contribution is 2.14. The summed E-state index contributed by atoms with van der Waals surface area (Å²) in [5.41, 5.74) is 0.116. The molecule has 0 saturated heterocycles. The van der Waals surface area contributed by atoms with Gasteiger partial charge in [0.05, 0.1) is 5.56 Å². The van der Waals surface area contributed by atoms with Crippen LogP contribution in [0.2, 0.25) is 5.15 Å². The lowest BCUT2D eigenvalue weighted by Gasteiger charge is -2.06. The average molecular weight is 291 g/mol. The number of hydrogen-bond acceptors (Lipinski definition) is 5. The van der Waals surface area contributed by atoms with Crippen molar-refractivity contribution in [1.29, 1.82) is 0 Å². The molecule has 0 atom stereocenters. The normalized spacial score (nSPS) is 10.3. The van der Waals surface area contributed by atoms with Gasteiger partial charge in [-0.25, -0.2) is 9.78 Å². The molecular formula is C11H15ClN2O3S. The molecule has 0 radical (unpaired) electrons. The Hall–Kier alpha value is -0.980. The number of carboxylic acid groups (broad SMARTS) is 1. The molecule has 0 fully saturated rings. The second-order valence-electron chi connectivity index (χ2n) is 3.49. The van der Waals surface area contributed by atoms with Crippen molar-refractivity contribution in [3.8, 4) is 0 Å². The van der Waals surface area contributed by atoms with Crippen molar-refractivity contribution in [3.63, 3.8) is 0 Å². The maximum atomic E-state index is 10.8. The fourth-order valence-electron chi connectivity index (χ4n) is 1.23. The first-order chi connectivity index (χ1) is 8.63. The van der Waals surface area contributed by atoms with E-state index < -0.39 is 5.97 Å². The average Bonchev–Trinajstić information content (AvgIpc) is 2.33. The van der Waals surface area contributed by atoms with E-state index in [0.29, 0.717) is 12.4 Å². The van der Waals surface area contributed by atoms with E-state index in [4.69, 9.17) is 21.8 Å². The van der Waals surface area contributed by atoms with Crippen molar-refractivity contribution < 1.29 is 15.0 Å². The van der Waals surface area contributed by atoms with Crippen LogP contribution in [-0.4, -0.2) is 45.8 Å². The number of nitrogens with zero attached hydrogens (tertiary/aromatic N) is 1. The predicted octanol–water partition coefficient (Wildman–Crippen LogP) is 1.96. The minimum atomic E-state index is -1.03. The third-order valence-electron chi connectivity index (χ3n) is 2.04. The number of hydrogen-bond donors (Lipinski definition) is 3. The van der Waals surface area contributed by atoms with E-state index in [1.165, 1.54) is 12.1 Å². The number of aromatic carboxylic acids is 1. The molecule has 1 rings (SSSR count). The number of pyridine rings is 1. The summed E-state index contributed by atoms with van der Waals surface area (Å²) in [5, 5.41) is 20.6. The number of thioether (sulfide) groups is 1. The number of carbonyl (C=O) groups is 1. The second-order valence-corrected chi connectivity index (χ2v) is 5.10. The Morgan fingerprint density at radius 2 is 2.22 bits per heavy atom. The zero-order valence-electron chi connectivity index (χ0n) is 9.73.